The highest BCUT2D eigenvalue weighted by Gasteiger charge is 2.06. The van der Waals surface area contributed by atoms with Crippen LogP contribution in [0, 0.1) is 0 Å². The predicted octanol–water partition coefficient (Wildman–Crippen LogP) is 3.17. The fraction of sp³-hybridized carbons (Fsp3) is 0.308. The lowest BCUT2D eigenvalue weighted by Gasteiger charge is -2.07. The first-order valence-corrected chi connectivity index (χ1v) is 5.93. The largest absolute Gasteiger partial charge is 0.330 e. The molecule has 2 aromatic rings. The second kappa shape index (κ2) is 5.28. The first-order chi connectivity index (χ1) is 7.83. The van der Waals surface area contributed by atoms with Crippen LogP contribution in [0.2, 0.25) is 5.02 Å². The molecule has 0 bridgehead atoms. The van der Waals surface area contributed by atoms with Crippen LogP contribution in [-0.4, -0.2) is 11.5 Å². The van der Waals surface area contributed by atoms with Gasteiger partial charge in [0.1, 0.15) is 0 Å². The minimum Gasteiger partial charge on any atom is -0.330 e. The van der Waals surface area contributed by atoms with Crippen molar-refractivity contribution >= 4 is 22.5 Å². The summed E-state index contributed by atoms with van der Waals surface area (Å²) in [7, 11) is 0. The van der Waals surface area contributed by atoms with Crippen molar-refractivity contribution in [3.05, 3.63) is 41.0 Å². The van der Waals surface area contributed by atoms with E-state index in [-0.39, 0.29) is 0 Å². The second-order valence-electron chi connectivity index (χ2n) is 3.85. The maximum absolute atomic E-state index is 6.21. The van der Waals surface area contributed by atoms with Gasteiger partial charge in [0.2, 0.25) is 0 Å². The second-order valence-corrected chi connectivity index (χ2v) is 4.25. The van der Waals surface area contributed by atoms with Crippen molar-refractivity contribution in [1.82, 2.24) is 4.98 Å². The van der Waals surface area contributed by atoms with Gasteiger partial charge in [0, 0.05) is 16.6 Å². The van der Waals surface area contributed by atoms with Gasteiger partial charge in [-0.2, -0.15) is 0 Å². The van der Waals surface area contributed by atoms with Crippen molar-refractivity contribution < 1.29 is 0 Å². The van der Waals surface area contributed by atoms with Crippen LogP contribution in [-0.2, 0) is 6.42 Å². The molecule has 2 nitrogen and oxygen atoms in total. The van der Waals surface area contributed by atoms with Crippen molar-refractivity contribution in [2.45, 2.75) is 19.3 Å². The van der Waals surface area contributed by atoms with E-state index in [0.717, 1.165) is 47.3 Å². The third kappa shape index (κ3) is 2.34. The van der Waals surface area contributed by atoms with Crippen molar-refractivity contribution in [3.63, 3.8) is 0 Å². The average Bonchev–Trinajstić information content (AvgIpc) is 2.32. The van der Waals surface area contributed by atoms with E-state index in [2.05, 4.69) is 11.1 Å². The lowest BCUT2D eigenvalue weighted by Crippen LogP contribution is -2.00. The molecule has 0 amide bonds. The molecule has 0 saturated carbocycles. The van der Waals surface area contributed by atoms with Crippen LogP contribution in [0.25, 0.3) is 10.9 Å². The zero-order valence-corrected chi connectivity index (χ0v) is 9.87. The Morgan fingerprint density at radius 3 is 2.88 bits per heavy atom. The Morgan fingerprint density at radius 2 is 2.06 bits per heavy atom. The fourth-order valence-electron chi connectivity index (χ4n) is 1.86. The number of aryl methyl sites for hydroxylation is 1. The van der Waals surface area contributed by atoms with Crippen LogP contribution in [0.1, 0.15) is 18.4 Å². The maximum atomic E-state index is 6.21. The Morgan fingerprint density at radius 1 is 1.19 bits per heavy atom. The molecule has 0 aliphatic heterocycles. The quantitative estimate of drug-likeness (QED) is 0.826. The lowest BCUT2D eigenvalue weighted by atomic mass is 10.0. The monoisotopic (exact) mass is 234 g/mol. The number of benzene rings is 1. The Bertz CT molecular complexity index is 482. The Labute approximate surface area is 100 Å². The van der Waals surface area contributed by atoms with E-state index in [4.69, 9.17) is 17.3 Å². The molecule has 2 N–H and O–H groups in total. The van der Waals surface area contributed by atoms with E-state index in [1.54, 1.807) is 0 Å². The van der Waals surface area contributed by atoms with Gasteiger partial charge in [-0.25, -0.2) is 0 Å². The minimum absolute atomic E-state index is 0.732. The number of nitrogens with two attached hydrogens (primary N) is 1. The topological polar surface area (TPSA) is 38.9 Å². The molecule has 0 spiro atoms. The number of rotatable bonds is 4. The smallest absolute Gasteiger partial charge is 0.0748 e. The summed E-state index contributed by atoms with van der Waals surface area (Å²) in [5.74, 6) is 0. The zero-order chi connectivity index (χ0) is 11.4. The summed E-state index contributed by atoms with van der Waals surface area (Å²) in [6, 6.07) is 7.96. The molecule has 0 aliphatic rings. The summed E-state index contributed by atoms with van der Waals surface area (Å²) < 4.78 is 0. The molecular formula is C13H15ClN2. The molecule has 2 rings (SSSR count). The van der Waals surface area contributed by atoms with Crippen LogP contribution < -0.4 is 5.73 Å². The number of fused-ring (bicyclic) bond motifs is 1. The van der Waals surface area contributed by atoms with Gasteiger partial charge in [-0.05, 0) is 43.5 Å². The van der Waals surface area contributed by atoms with Gasteiger partial charge in [-0.3, -0.25) is 4.98 Å². The molecule has 0 radical (unpaired) electrons. The highest BCUT2D eigenvalue weighted by Crippen LogP contribution is 2.25. The minimum atomic E-state index is 0.732. The average molecular weight is 235 g/mol. The zero-order valence-electron chi connectivity index (χ0n) is 9.12. The Balaban J connectivity index is 2.37. The summed E-state index contributed by atoms with van der Waals surface area (Å²) in [6.07, 6.45) is 4.85. The van der Waals surface area contributed by atoms with E-state index in [1.807, 2.05) is 24.4 Å². The first kappa shape index (κ1) is 11.4. The first-order valence-electron chi connectivity index (χ1n) is 5.55. The van der Waals surface area contributed by atoms with Crippen molar-refractivity contribution in [2.24, 2.45) is 5.73 Å². The third-order valence-corrected chi connectivity index (χ3v) is 3.06. The molecule has 0 aliphatic carbocycles. The van der Waals surface area contributed by atoms with Crippen LogP contribution >= 0.6 is 11.6 Å². The van der Waals surface area contributed by atoms with Gasteiger partial charge in [-0.1, -0.05) is 23.7 Å². The number of hydrogen-bond acceptors (Lipinski definition) is 2. The molecule has 0 fully saturated rings. The number of hydrogen-bond donors (Lipinski definition) is 1. The fourth-order valence-corrected chi connectivity index (χ4v) is 2.11. The molecule has 1 aromatic heterocycles. The summed E-state index contributed by atoms with van der Waals surface area (Å²) in [5, 5.41) is 1.96. The molecule has 1 aromatic carbocycles. The molecule has 0 unspecified atom stereocenters. The maximum Gasteiger partial charge on any atom is 0.0748 e. The highest BCUT2D eigenvalue weighted by atomic mass is 35.5. The third-order valence-electron chi connectivity index (χ3n) is 2.70. The van der Waals surface area contributed by atoms with E-state index in [1.165, 1.54) is 0 Å². The standard InChI is InChI=1S/C13H15ClN2/c14-12-7-6-10-4-3-9-16-13(10)11(12)5-1-2-8-15/h3-4,6-7,9H,1-2,5,8,15H2. The molecule has 0 atom stereocenters. The number of pyridine rings is 1. The summed E-state index contributed by atoms with van der Waals surface area (Å²) >= 11 is 6.21. The van der Waals surface area contributed by atoms with Crippen LogP contribution in [0.5, 0.6) is 0 Å². The van der Waals surface area contributed by atoms with E-state index in [0.29, 0.717) is 0 Å². The van der Waals surface area contributed by atoms with Crippen molar-refractivity contribution in [3.8, 4) is 0 Å². The summed E-state index contributed by atoms with van der Waals surface area (Å²) in [4.78, 5) is 4.41. The molecule has 0 saturated heterocycles. The Kier molecular flexibility index (Phi) is 3.75. The van der Waals surface area contributed by atoms with Crippen LogP contribution in [0.15, 0.2) is 30.5 Å². The van der Waals surface area contributed by atoms with Gasteiger partial charge in [0.25, 0.3) is 0 Å². The van der Waals surface area contributed by atoms with Crippen LogP contribution in [0.3, 0.4) is 0 Å². The molecular weight excluding hydrogens is 220 g/mol. The van der Waals surface area contributed by atoms with Crippen molar-refractivity contribution in [2.75, 3.05) is 6.54 Å². The summed E-state index contributed by atoms with van der Waals surface area (Å²) in [5.41, 5.74) is 7.66. The van der Waals surface area contributed by atoms with E-state index in [9.17, 15) is 0 Å². The summed E-state index contributed by atoms with van der Waals surface area (Å²) in [6.45, 7) is 0.732. The van der Waals surface area contributed by atoms with Gasteiger partial charge >= 0.3 is 0 Å². The Hall–Kier alpha value is -1.12. The van der Waals surface area contributed by atoms with E-state index < -0.39 is 0 Å². The van der Waals surface area contributed by atoms with E-state index >= 15 is 0 Å². The number of nitrogens with zero attached hydrogens (tertiary/aromatic N) is 1. The van der Waals surface area contributed by atoms with Gasteiger partial charge in [0.05, 0.1) is 5.52 Å². The number of unbranched alkanes of at least 4 members (excludes halogenated alkanes) is 1. The molecule has 84 valence electrons. The molecule has 16 heavy (non-hydrogen) atoms. The molecule has 1 heterocycles. The number of halogens is 1. The van der Waals surface area contributed by atoms with Crippen molar-refractivity contribution in [1.29, 1.82) is 0 Å². The van der Waals surface area contributed by atoms with Gasteiger partial charge in [0.15, 0.2) is 0 Å². The van der Waals surface area contributed by atoms with Gasteiger partial charge < -0.3 is 5.73 Å². The SMILES string of the molecule is NCCCCc1c(Cl)ccc2cccnc12. The predicted molar refractivity (Wildman–Crippen MR) is 68.7 cm³/mol. The lowest BCUT2D eigenvalue weighted by molar-refractivity contribution is 0.747. The molecule has 3 heteroatoms. The van der Waals surface area contributed by atoms with Gasteiger partial charge in [-0.15, -0.1) is 0 Å². The van der Waals surface area contributed by atoms with Crippen LogP contribution in [0.4, 0.5) is 0 Å². The highest BCUT2D eigenvalue weighted by molar-refractivity contribution is 6.32. The number of aromatic nitrogens is 1. The normalized spacial score (nSPS) is 10.9.